The lowest BCUT2D eigenvalue weighted by molar-refractivity contribution is 0.270. The van der Waals surface area contributed by atoms with E-state index in [1.807, 2.05) is 6.33 Å². The summed E-state index contributed by atoms with van der Waals surface area (Å²) >= 11 is 0. The van der Waals surface area contributed by atoms with Gasteiger partial charge in [-0.2, -0.15) is 0 Å². The Balaban J connectivity index is 2.05. The molecule has 4 nitrogen and oxygen atoms in total. The number of hydrogen-bond acceptors (Lipinski definition) is 3. The summed E-state index contributed by atoms with van der Waals surface area (Å²) in [7, 11) is -1.68. The average Bonchev–Trinajstić information content (AvgIpc) is 2.68. The van der Waals surface area contributed by atoms with Crippen molar-refractivity contribution in [3.63, 3.8) is 0 Å². The molecule has 0 amide bonds. The minimum atomic E-state index is -1.68. The fraction of sp³-hybridized carbons (Fsp3) is 0.769. The van der Waals surface area contributed by atoms with E-state index in [9.17, 15) is 0 Å². The number of nitrogens with one attached hydrogen (secondary N) is 1. The van der Waals surface area contributed by atoms with Gasteiger partial charge >= 0.3 is 0 Å². The molecule has 1 N–H and O–H groups in total. The van der Waals surface area contributed by atoms with Gasteiger partial charge in [0.1, 0.15) is 0 Å². The third-order valence-electron chi connectivity index (χ3n) is 4.23. The van der Waals surface area contributed by atoms with E-state index in [2.05, 4.69) is 48.7 Å². The second-order valence-corrected chi connectivity index (χ2v) is 11.4. The van der Waals surface area contributed by atoms with Crippen molar-refractivity contribution in [3.8, 4) is 0 Å². The number of nitrogens with zero attached hydrogens (tertiary/aromatic N) is 2. The molecule has 2 rings (SSSR count). The number of imidazole rings is 1. The predicted molar refractivity (Wildman–Crippen MR) is 75.9 cm³/mol. The maximum Gasteiger partial charge on any atom is 0.192 e. The molecule has 0 spiro atoms. The molecule has 18 heavy (non-hydrogen) atoms. The zero-order chi connectivity index (χ0) is 13.4. The van der Waals surface area contributed by atoms with E-state index in [0.29, 0.717) is 6.61 Å². The largest absolute Gasteiger partial charge is 0.411 e. The van der Waals surface area contributed by atoms with Crippen LogP contribution in [-0.4, -0.2) is 24.4 Å². The van der Waals surface area contributed by atoms with Crippen LogP contribution < -0.4 is 5.32 Å². The molecular weight excluding hydrogens is 242 g/mol. The fourth-order valence-electron chi connectivity index (χ4n) is 1.84. The summed E-state index contributed by atoms with van der Waals surface area (Å²) in [6.07, 6.45) is 1.94. The zero-order valence-corrected chi connectivity index (χ0v) is 13.2. The first-order valence-electron chi connectivity index (χ1n) is 6.69. The van der Waals surface area contributed by atoms with Gasteiger partial charge in [-0.05, 0) is 18.1 Å². The standard InChI is InChI=1S/C13H25N3OSi/c1-13(2,3)18(4,5)17-9-11-12-8-14-6-7-16(12)10-15-11/h10,14H,6-9H2,1-5H3. The SMILES string of the molecule is CC(C)(C)[Si](C)(C)OCc1ncn2c1CNCC2. The molecule has 1 aliphatic rings. The molecular formula is C13H25N3OSi. The van der Waals surface area contributed by atoms with Gasteiger partial charge in [-0.3, -0.25) is 0 Å². The van der Waals surface area contributed by atoms with Crippen molar-refractivity contribution in [1.82, 2.24) is 14.9 Å². The maximum atomic E-state index is 6.24. The van der Waals surface area contributed by atoms with Crippen LogP contribution in [0.5, 0.6) is 0 Å². The van der Waals surface area contributed by atoms with Crippen LogP contribution in [-0.2, 0) is 24.1 Å². The molecule has 0 fully saturated rings. The van der Waals surface area contributed by atoms with Crippen LogP contribution in [0, 0.1) is 0 Å². The molecule has 5 heteroatoms. The van der Waals surface area contributed by atoms with E-state index in [-0.39, 0.29) is 5.04 Å². The van der Waals surface area contributed by atoms with Gasteiger partial charge in [-0.1, -0.05) is 20.8 Å². The Kier molecular flexibility index (Phi) is 3.67. The van der Waals surface area contributed by atoms with Gasteiger partial charge in [0.05, 0.1) is 24.3 Å². The second kappa shape index (κ2) is 4.79. The van der Waals surface area contributed by atoms with Crippen LogP contribution in [0.2, 0.25) is 18.1 Å². The van der Waals surface area contributed by atoms with E-state index in [4.69, 9.17) is 4.43 Å². The first kappa shape index (κ1) is 13.8. The highest BCUT2D eigenvalue weighted by Gasteiger charge is 2.37. The summed E-state index contributed by atoms with van der Waals surface area (Å²) < 4.78 is 8.48. The van der Waals surface area contributed by atoms with E-state index < -0.39 is 8.32 Å². The van der Waals surface area contributed by atoms with Crippen LogP contribution in [0.25, 0.3) is 0 Å². The van der Waals surface area contributed by atoms with Crippen molar-refractivity contribution in [2.75, 3.05) is 6.54 Å². The van der Waals surface area contributed by atoms with Crippen molar-refractivity contribution < 1.29 is 4.43 Å². The summed E-state index contributed by atoms with van der Waals surface area (Å²) in [4.78, 5) is 4.50. The minimum absolute atomic E-state index is 0.255. The zero-order valence-electron chi connectivity index (χ0n) is 12.2. The van der Waals surface area contributed by atoms with Crippen LogP contribution in [0.3, 0.4) is 0 Å². The van der Waals surface area contributed by atoms with E-state index >= 15 is 0 Å². The molecule has 0 bridgehead atoms. The monoisotopic (exact) mass is 267 g/mol. The first-order chi connectivity index (χ1) is 8.31. The molecule has 1 aliphatic heterocycles. The Morgan fingerprint density at radius 3 is 2.83 bits per heavy atom. The lowest BCUT2D eigenvalue weighted by Gasteiger charge is -2.36. The number of aromatic nitrogens is 2. The topological polar surface area (TPSA) is 39.1 Å². The van der Waals surface area contributed by atoms with E-state index in [0.717, 1.165) is 25.3 Å². The summed E-state index contributed by atoms with van der Waals surface area (Å²) in [6, 6.07) is 0. The molecule has 0 saturated heterocycles. The summed E-state index contributed by atoms with van der Waals surface area (Å²) in [5.74, 6) is 0. The maximum absolute atomic E-state index is 6.24. The van der Waals surface area contributed by atoms with Crippen LogP contribution in [0.4, 0.5) is 0 Å². The normalized spacial score (nSPS) is 16.7. The second-order valence-electron chi connectivity index (χ2n) is 6.56. The van der Waals surface area contributed by atoms with Gasteiger partial charge in [0.2, 0.25) is 0 Å². The quantitative estimate of drug-likeness (QED) is 0.855. The van der Waals surface area contributed by atoms with Crippen molar-refractivity contribution in [2.45, 2.75) is 58.6 Å². The molecule has 0 radical (unpaired) electrons. The van der Waals surface area contributed by atoms with Gasteiger partial charge < -0.3 is 14.3 Å². The molecule has 0 unspecified atom stereocenters. The van der Waals surface area contributed by atoms with Crippen molar-refractivity contribution in [2.24, 2.45) is 0 Å². The summed E-state index contributed by atoms with van der Waals surface area (Å²) in [6.45, 7) is 15.0. The number of rotatable bonds is 3. The van der Waals surface area contributed by atoms with Gasteiger partial charge in [0.25, 0.3) is 0 Å². The average molecular weight is 267 g/mol. The number of hydrogen-bond donors (Lipinski definition) is 1. The Hall–Kier alpha value is -0.653. The van der Waals surface area contributed by atoms with E-state index in [1.165, 1.54) is 5.69 Å². The molecule has 1 aromatic rings. The fourth-order valence-corrected chi connectivity index (χ4v) is 2.77. The highest BCUT2D eigenvalue weighted by atomic mass is 28.4. The van der Waals surface area contributed by atoms with Crippen LogP contribution in [0.15, 0.2) is 6.33 Å². The third kappa shape index (κ3) is 2.68. The molecule has 2 heterocycles. The van der Waals surface area contributed by atoms with Gasteiger partial charge in [-0.25, -0.2) is 4.98 Å². The number of fused-ring (bicyclic) bond motifs is 1. The Labute approximate surface area is 111 Å². The molecule has 0 aromatic carbocycles. The summed E-state index contributed by atoms with van der Waals surface area (Å²) in [5, 5.41) is 3.64. The molecule has 0 aliphatic carbocycles. The van der Waals surface area contributed by atoms with Crippen molar-refractivity contribution >= 4 is 8.32 Å². The van der Waals surface area contributed by atoms with Crippen LogP contribution >= 0.6 is 0 Å². The Bertz CT molecular complexity index is 420. The molecule has 1 aromatic heterocycles. The van der Waals surface area contributed by atoms with Gasteiger partial charge in [0.15, 0.2) is 8.32 Å². The highest BCUT2D eigenvalue weighted by molar-refractivity contribution is 6.74. The minimum Gasteiger partial charge on any atom is -0.411 e. The lowest BCUT2D eigenvalue weighted by atomic mass is 10.2. The molecule has 102 valence electrons. The van der Waals surface area contributed by atoms with Crippen molar-refractivity contribution in [3.05, 3.63) is 17.7 Å². The first-order valence-corrected chi connectivity index (χ1v) is 9.60. The predicted octanol–water partition coefficient (Wildman–Crippen LogP) is 2.51. The molecule has 0 saturated carbocycles. The van der Waals surface area contributed by atoms with Gasteiger partial charge in [-0.15, -0.1) is 0 Å². The van der Waals surface area contributed by atoms with Crippen LogP contribution in [0.1, 0.15) is 32.2 Å². The Morgan fingerprint density at radius 2 is 2.17 bits per heavy atom. The highest BCUT2D eigenvalue weighted by Crippen LogP contribution is 2.37. The van der Waals surface area contributed by atoms with E-state index in [1.54, 1.807) is 0 Å². The smallest absolute Gasteiger partial charge is 0.192 e. The lowest BCUT2D eigenvalue weighted by Crippen LogP contribution is -2.40. The Morgan fingerprint density at radius 1 is 1.44 bits per heavy atom. The van der Waals surface area contributed by atoms with Gasteiger partial charge in [0, 0.05) is 19.6 Å². The van der Waals surface area contributed by atoms with Crippen molar-refractivity contribution in [1.29, 1.82) is 0 Å². The summed E-state index contributed by atoms with van der Waals surface area (Å²) in [5.41, 5.74) is 2.40. The third-order valence-corrected chi connectivity index (χ3v) is 8.71. The molecule has 0 atom stereocenters.